The normalized spacial score (nSPS) is 11.6. The summed E-state index contributed by atoms with van der Waals surface area (Å²) in [4.78, 5) is 0. The van der Waals surface area contributed by atoms with Gasteiger partial charge in [0, 0.05) is 11.6 Å². The highest BCUT2D eigenvalue weighted by Gasteiger charge is 2.26. The Morgan fingerprint density at radius 1 is 1.31 bits per heavy atom. The lowest BCUT2D eigenvalue weighted by Gasteiger charge is -2.26. The maximum Gasteiger partial charge on any atom is 0.168 e. The summed E-state index contributed by atoms with van der Waals surface area (Å²) in [7, 11) is 1.37. The van der Waals surface area contributed by atoms with Crippen molar-refractivity contribution >= 4 is 0 Å². The Labute approximate surface area is 94.4 Å². The van der Waals surface area contributed by atoms with Gasteiger partial charge in [0.05, 0.1) is 7.11 Å². The number of hydrogen-bond acceptors (Lipinski definition) is 2. The van der Waals surface area contributed by atoms with Crippen LogP contribution in [0.15, 0.2) is 12.1 Å². The van der Waals surface area contributed by atoms with Crippen molar-refractivity contribution in [2.45, 2.75) is 25.7 Å². The molecule has 2 nitrogen and oxygen atoms in total. The minimum atomic E-state index is -0.678. The van der Waals surface area contributed by atoms with Crippen LogP contribution >= 0.6 is 0 Å². The molecule has 0 unspecified atom stereocenters. The van der Waals surface area contributed by atoms with Crippen molar-refractivity contribution in [1.82, 2.24) is 0 Å². The van der Waals surface area contributed by atoms with E-state index >= 15 is 0 Å². The van der Waals surface area contributed by atoms with Gasteiger partial charge in [-0.05, 0) is 24.4 Å². The Kier molecular flexibility index (Phi) is 3.86. The molecule has 1 aromatic carbocycles. The molecule has 0 bridgehead atoms. The predicted molar refractivity (Wildman–Crippen MR) is 59.6 cm³/mol. The second-order valence-electron chi connectivity index (χ2n) is 4.39. The standard InChI is InChI=1S/C12H17F2NO/c1-12(2,4-5-15)9-6-8(13)7-10(14)11(9)16-3/h6-7H,4-5,15H2,1-3H3. The molecule has 0 atom stereocenters. The number of rotatable bonds is 4. The molecule has 0 fully saturated rings. The van der Waals surface area contributed by atoms with Crippen molar-refractivity contribution in [3.8, 4) is 5.75 Å². The molecule has 0 amide bonds. The highest BCUT2D eigenvalue weighted by molar-refractivity contribution is 5.40. The van der Waals surface area contributed by atoms with E-state index < -0.39 is 17.0 Å². The van der Waals surface area contributed by atoms with E-state index in [1.165, 1.54) is 13.2 Å². The first kappa shape index (κ1) is 12.9. The fraction of sp³-hybridized carbons (Fsp3) is 0.500. The van der Waals surface area contributed by atoms with E-state index in [0.717, 1.165) is 6.07 Å². The van der Waals surface area contributed by atoms with Crippen molar-refractivity contribution in [2.24, 2.45) is 5.73 Å². The minimum absolute atomic E-state index is 0.0971. The molecule has 2 N–H and O–H groups in total. The molecule has 0 heterocycles. The fourth-order valence-electron chi connectivity index (χ4n) is 1.77. The molecule has 1 aromatic rings. The van der Waals surface area contributed by atoms with Crippen LogP contribution in [0.4, 0.5) is 8.78 Å². The molecule has 0 aliphatic rings. The number of ether oxygens (including phenoxy) is 1. The number of benzene rings is 1. The topological polar surface area (TPSA) is 35.2 Å². The Morgan fingerprint density at radius 2 is 1.94 bits per heavy atom. The first-order valence-electron chi connectivity index (χ1n) is 5.16. The Hall–Kier alpha value is -1.16. The van der Waals surface area contributed by atoms with Gasteiger partial charge in [0.15, 0.2) is 11.6 Å². The zero-order valence-electron chi connectivity index (χ0n) is 9.81. The van der Waals surface area contributed by atoms with E-state index in [9.17, 15) is 8.78 Å². The summed E-state index contributed by atoms with van der Waals surface area (Å²) < 4.78 is 31.7. The summed E-state index contributed by atoms with van der Waals surface area (Å²) >= 11 is 0. The SMILES string of the molecule is COc1c(F)cc(F)cc1C(C)(C)CCN. The second kappa shape index (κ2) is 4.78. The van der Waals surface area contributed by atoms with E-state index in [1.54, 1.807) is 0 Å². The maximum absolute atomic E-state index is 13.5. The van der Waals surface area contributed by atoms with Gasteiger partial charge in [0.25, 0.3) is 0 Å². The van der Waals surface area contributed by atoms with Gasteiger partial charge in [-0.2, -0.15) is 0 Å². The zero-order valence-corrected chi connectivity index (χ0v) is 9.81. The first-order valence-corrected chi connectivity index (χ1v) is 5.16. The Balaban J connectivity index is 3.30. The Morgan fingerprint density at radius 3 is 2.44 bits per heavy atom. The van der Waals surface area contributed by atoms with Gasteiger partial charge in [-0.3, -0.25) is 0 Å². The fourth-order valence-corrected chi connectivity index (χ4v) is 1.77. The van der Waals surface area contributed by atoms with Crippen LogP contribution in [-0.2, 0) is 5.41 Å². The summed E-state index contributed by atoms with van der Waals surface area (Å²) in [5.41, 5.74) is 5.59. The summed E-state index contributed by atoms with van der Waals surface area (Å²) in [6.07, 6.45) is 0.631. The van der Waals surface area contributed by atoms with Crippen LogP contribution in [0.25, 0.3) is 0 Å². The van der Waals surface area contributed by atoms with Gasteiger partial charge >= 0.3 is 0 Å². The van der Waals surface area contributed by atoms with Gasteiger partial charge in [-0.15, -0.1) is 0 Å². The summed E-state index contributed by atoms with van der Waals surface area (Å²) in [6.45, 7) is 4.22. The molecule has 0 radical (unpaired) electrons. The predicted octanol–water partition coefficient (Wildman–Crippen LogP) is 2.60. The number of nitrogens with two attached hydrogens (primary N) is 1. The van der Waals surface area contributed by atoms with Gasteiger partial charge in [-0.1, -0.05) is 13.8 Å². The lowest BCUT2D eigenvalue weighted by molar-refractivity contribution is 0.359. The molecule has 0 aliphatic heterocycles. The quantitative estimate of drug-likeness (QED) is 0.861. The molecule has 1 rings (SSSR count). The molecule has 4 heteroatoms. The van der Waals surface area contributed by atoms with E-state index in [-0.39, 0.29) is 5.75 Å². The van der Waals surface area contributed by atoms with Crippen LogP contribution in [0.5, 0.6) is 5.75 Å². The van der Waals surface area contributed by atoms with Crippen molar-refractivity contribution < 1.29 is 13.5 Å². The molecular formula is C12H17F2NO. The van der Waals surface area contributed by atoms with Crippen LogP contribution < -0.4 is 10.5 Å². The summed E-state index contributed by atoms with van der Waals surface area (Å²) in [6, 6.07) is 2.12. The van der Waals surface area contributed by atoms with Crippen molar-refractivity contribution in [3.63, 3.8) is 0 Å². The number of methoxy groups -OCH3 is 1. The number of halogens is 2. The molecule has 0 saturated carbocycles. The Bertz CT molecular complexity index is 378. The highest BCUT2D eigenvalue weighted by atomic mass is 19.1. The van der Waals surface area contributed by atoms with Gasteiger partial charge in [-0.25, -0.2) is 8.78 Å². The molecule has 0 spiro atoms. The van der Waals surface area contributed by atoms with Crippen LogP contribution in [-0.4, -0.2) is 13.7 Å². The van der Waals surface area contributed by atoms with Crippen molar-refractivity contribution in [2.75, 3.05) is 13.7 Å². The van der Waals surface area contributed by atoms with Crippen LogP contribution in [0.2, 0.25) is 0 Å². The lowest BCUT2D eigenvalue weighted by atomic mass is 9.81. The second-order valence-corrected chi connectivity index (χ2v) is 4.39. The van der Waals surface area contributed by atoms with Gasteiger partial charge in [0.1, 0.15) is 5.82 Å². The van der Waals surface area contributed by atoms with Crippen LogP contribution in [0.3, 0.4) is 0 Å². The van der Waals surface area contributed by atoms with Crippen LogP contribution in [0.1, 0.15) is 25.8 Å². The van der Waals surface area contributed by atoms with Crippen molar-refractivity contribution in [1.29, 1.82) is 0 Å². The molecule has 90 valence electrons. The smallest absolute Gasteiger partial charge is 0.168 e. The third-order valence-electron chi connectivity index (χ3n) is 2.71. The first-order chi connectivity index (χ1) is 7.42. The van der Waals surface area contributed by atoms with E-state index in [1.807, 2.05) is 13.8 Å². The summed E-state index contributed by atoms with van der Waals surface area (Å²) in [5.74, 6) is -1.18. The van der Waals surface area contributed by atoms with Gasteiger partial charge < -0.3 is 10.5 Å². The molecular weight excluding hydrogens is 212 g/mol. The van der Waals surface area contributed by atoms with Crippen LogP contribution in [0, 0.1) is 11.6 Å². The monoisotopic (exact) mass is 229 g/mol. The third-order valence-corrected chi connectivity index (χ3v) is 2.71. The largest absolute Gasteiger partial charge is 0.493 e. The van der Waals surface area contributed by atoms with E-state index in [2.05, 4.69) is 0 Å². The lowest BCUT2D eigenvalue weighted by Crippen LogP contribution is -2.23. The average molecular weight is 229 g/mol. The highest BCUT2D eigenvalue weighted by Crippen LogP contribution is 2.36. The summed E-state index contributed by atoms with van der Waals surface area (Å²) in [5, 5.41) is 0. The van der Waals surface area contributed by atoms with Gasteiger partial charge in [0.2, 0.25) is 0 Å². The minimum Gasteiger partial charge on any atom is -0.493 e. The zero-order chi connectivity index (χ0) is 12.3. The van der Waals surface area contributed by atoms with E-state index in [0.29, 0.717) is 18.5 Å². The van der Waals surface area contributed by atoms with Crippen molar-refractivity contribution in [3.05, 3.63) is 29.3 Å². The molecule has 0 aliphatic carbocycles. The third kappa shape index (κ3) is 2.50. The number of hydrogen-bond donors (Lipinski definition) is 1. The average Bonchev–Trinajstić information content (AvgIpc) is 2.16. The molecule has 0 saturated heterocycles. The maximum atomic E-state index is 13.5. The molecule has 16 heavy (non-hydrogen) atoms. The van der Waals surface area contributed by atoms with E-state index in [4.69, 9.17) is 10.5 Å². The molecule has 0 aromatic heterocycles.